The molecule has 3 atom stereocenters. The molecule has 1 aliphatic carbocycles. The molecule has 1 unspecified atom stereocenters. The number of carbonyl (C=O) groups excluding carboxylic acids is 2. The van der Waals surface area contributed by atoms with Crippen LogP contribution in [0.15, 0.2) is 0 Å². The lowest BCUT2D eigenvalue weighted by molar-refractivity contribution is -0.140. The molecule has 0 spiro atoms. The van der Waals surface area contributed by atoms with Crippen molar-refractivity contribution in [1.29, 1.82) is 0 Å². The zero-order valence-corrected chi connectivity index (χ0v) is 12.2. The van der Waals surface area contributed by atoms with E-state index < -0.39 is 23.2 Å². The van der Waals surface area contributed by atoms with Crippen LogP contribution >= 0.6 is 0 Å². The number of rotatable bonds is 5. The fourth-order valence-electron chi connectivity index (χ4n) is 3.19. The molecule has 1 aliphatic heterocycles. The van der Waals surface area contributed by atoms with Crippen LogP contribution in [0.5, 0.6) is 0 Å². The van der Waals surface area contributed by atoms with Gasteiger partial charge < -0.3 is 15.3 Å². The zero-order chi connectivity index (χ0) is 15.1. The lowest BCUT2D eigenvalue weighted by atomic mass is 10.1. The van der Waals surface area contributed by atoms with E-state index in [1.54, 1.807) is 18.7 Å². The van der Waals surface area contributed by atoms with Crippen LogP contribution < -0.4 is 5.32 Å². The Bertz CT molecular complexity index is 446. The van der Waals surface area contributed by atoms with Crippen LogP contribution in [0.1, 0.15) is 33.6 Å². The summed E-state index contributed by atoms with van der Waals surface area (Å²) in [6, 6.07) is -0.157. The van der Waals surface area contributed by atoms with E-state index in [0.29, 0.717) is 13.0 Å². The molecular weight excluding hydrogens is 260 g/mol. The van der Waals surface area contributed by atoms with Crippen molar-refractivity contribution < 1.29 is 19.5 Å². The number of carbonyl (C=O) groups is 3. The summed E-state index contributed by atoms with van der Waals surface area (Å²) < 4.78 is 0. The van der Waals surface area contributed by atoms with Crippen molar-refractivity contribution in [2.75, 3.05) is 13.1 Å². The highest BCUT2D eigenvalue weighted by molar-refractivity contribution is 5.91. The highest BCUT2D eigenvalue weighted by Gasteiger charge is 2.65. The van der Waals surface area contributed by atoms with Crippen LogP contribution in [0.2, 0.25) is 0 Å². The number of likely N-dealkylation sites (tertiary alicyclic amines) is 1. The highest BCUT2D eigenvalue weighted by Crippen LogP contribution is 2.58. The van der Waals surface area contributed by atoms with E-state index >= 15 is 0 Å². The molecule has 2 amide bonds. The van der Waals surface area contributed by atoms with Gasteiger partial charge in [-0.1, -0.05) is 13.8 Å². The van der Waals surface area contributed by atoms with Crippen molar-refractivity contribution in [3.8, 4) is 0 Å². The number of carboxylic acid groups (broad SMARTS) is 1. The molecule has 0 aromatic heterocycles. The molecule has 20 heavy (non-hydrogen) atoms. The van der Waals surface area contributed by atoms with Gasteiger partial charge in [-0.15, -0.1) is 0 Å². The molecule has 2 aliphatic rings. The van der Waals surface area contributed by atoms with Crippen LogP contribution in [-0.2, 0) is 14.4 Å². The van der Waals surface area contributed by atoms with Gasteiger partial charge in [-0.05, 0) is 18.8 Å². The van der Waals surface area contributed by atoms with Crippen molar-refractivity contribution >= 4 is 17.8 Å². The Kier molecular flexibility index (Phi) is 3.75. The summed E-state index contributed by atoms with van der Waals surface area (Å²) in [5.74, 6) is -2.10. The SMILES string of the molecule is CC(CN1CCCC1=O)NC(=O)[C@H]1[C@@H](C(=O)O)C1(C)C. The fourth-order valence-corrected chi connectivity index (χ4v) is 3.19. The molecule has 2 fully saturated rings. The van der Waals surface area contributed by atoms with Crippen molar-refractivity contribution in [3.05, 3.63) is 0 Å². The first kappa shape index (κ1) is 14.8. The number of hydrogen-bond acceptors (Lipinski definition) is 3. The Hall–Kier alpha value is -1.59. The molecule has 6 heteroatoms. The predicted molar refractivity (Wildman–Crippen MR) is 71.8 cm³/mol. The van der Waals surface area contributed by atoms with Crippen molar-refractivity contribution in [2.24, 2.45) is 17.3 Å². The van der Waals surface area contributed by atoms with Gasteiger partial charge in [0.05, 0.1) is 11.8 Å². The first-order valence-electron chi connectivity index (χ1n) is 7.06. The Morgan fingerprint density at radius 1 is 1.45 bits per heavy atom. The first-order valence-corrected chi connectivity index (χ1v) is 7.06. The molecule has 1 heterocycles. The van der Waals surface area contributed by atoms with Crippen LogP contribution in [0, 0.1) is 17.3 Å². The minimum atomic E-state index is -0.919. The van der Waals surface area contributed by atoms with Gasteiger partial charge >= 0.3 is 5.97 Å². The third kappa shape index (κ3) is 2.64. The van der Waals surface area contributed by atoms with E-state index in [4.69, 9.17) is 5.11 Å². The van der Waals surface area contributed by atoms with Gasteiger partial charge in [0.25, 0.3) is 0 Å². The average Bonchev–Trinajstić information content (AvgIpc) is 2.69. The van der Waals surface area contributed by atoms with E-state index in [-0.39, 0.29) is 17.9 Å². The Labute approximate surface area is 118 Å². The summed E-state index contributed by atoms with van der Waals surface area (Å²) in [6.07, 6.45) is 1.45. The first-order chi connectivity index (χ1) is 9.25. The van der Waals surface area contributed by atoms with Gasteiger partial charge in [0.1, 0.15) is 0 Å². The maximum absolute atomic E-state index is 12.1. The Balaban J connectivity index is 1.86. The smallest absolute Gasteiger partial charge is 0.307 e. The molecule has 0 aromatic rings. The maximum atomic E-state index is 12.1. The summed E-state index contributed by atoms with van der Waals surface area (Å²) in [4.78, 5) is 36.5. The number of hydrogen-bond donors (Lipinski definition) is 2. The molecule has 1 saturated carbocycles. The number of nitrogens with zero attached hydrogens (tertiary/aromatic N) is 1. The van der Waals surface area contributed by atoms with Gasteiger partial charge in [-0.25, -0.2) is 0 Å². The minimum absolute atomic E-state index is 0.126. The second-order valence-electron chi connectivity index (χ2n) is 6.47. The average molecular weight is 282 g/mol. The molecule has 112 valence electrons. The highest BCUT2D eigenvalue weighted by atomic mass is 16.4. The summed E-state index contributed by atoms with van der Waals surface area (Å²) >= 11 is 0. The van der Waals surface area contributed by atoms with E-state index in [9.17, 15) is 14.4 Å². The molecule has 6 nitrogen and oxygen atoms in total. The van der Waals surface area contributed by atoms with Gasteiger partial charge in [-0.2, -0.15) is 0 Å². The standard InChI is InChI=1S/C14H22N2O4/c1-8(7-16-6-4-5-9(16)17)15-12(18)10-11(13(19)20)14(10,2)3/h8,10-11H,4-7H2,1-3H3,(H,15,18)(H,19,20)/t8?,10-,11+/m1/s1. The van der Waals surface area contributed by atoms with Crippen LogP contribution in [0.3, 0.4) is 0 Å². The number of amides is 2. The van der Waals surface area contributed by atoms with Crippen LogP contribution in [0.4, 0.5) is 0 Å². The second kappa shape index (κ2) is 5.07. The van der Waals surface area contributed by atoms with E-state index in [0.717, 1.165) is 13.0 Å². The molecular formula is C14H22N2O4. The van der Waals surface area contributed by atoms with E-state index in [1.807, 2.05) is 6.92 Å². The topological polar surface area (TPSA) is 86.7 Å². The van der Waals surface area contributed by atoms with E-state index in [2.05, 4.69) is 5.32 Å². The minimum Gasteiger partial charge on any atom is -0.481 e. The third-order valence-electron chi connectivity index (χ3n) is 4.43. The summed E-state index contributed by atoms with van der Waals surface area (Å²) in [5.41, 5.74) is -0.487. The van der Waals surface area contributed by atoms with Gasteiger partial charge in [0, 0.05) is 25.6 Å². The van der Waals surface area contributed by atoms with Crippen LogP contribution in [0.25, 0.3) is 0 Å². The second-order valence-corrected chi connectivity index (χ2v) is 6.47. The van der Waals surface area contributed by atoms with Gasteiger partial charge in [-0.3, -0.25) is 14.4 Å². The molecule has 2 rings (SSSR count). The number of nitrogens with one attached hydrogen (secondary N) is 1. The lowest BCUT2D eigenvalue weighted by Crippen LogP contribution is -2.43. The predicted octanol–water partition coefficient (Wildman–Crippen LogP) is 0.470. The number of aliphatic carboxylic acids is 1. The molecule has 0 bridgehead atoms. The molecule has 1 saturated heterocycles. The van der Waals surface area contributed by atoms with Crippen molar-refractivity contribution in [3.63, 3.8) is 0 Å². The van der Waals surface area contributed by atoms with Gasteiger partial charge in [0.2, 0.25) is 11.8 Å². The molecule has 0 aromatic carbocycles. The Morgan fingerprint density at radius 2 is 2.10 bits per heavy atom. The molecule has 0 radical (unpaired) electrons. The largest absolute Gasteiger partial charge is 0.481 e. The zero-order valence-electron chi connectivity index (χ0n) is 12.2. The van der Waals surface area contributed by atoms with E-state index in [1.165, 1.54) is 0 Å². The summed E-state index contributed by atoms with van der Waals surface area (Å²) in [6.45, 7) is 6.67. The van der Waals surface area contributed by atoms with Crippen molar-refractivity contribution in [2.45, 2.75) is 39.7 Å². The maximum Gasteiger partial charge on any atom is 0.307 e. The van der Waals surface area contributed by atoms with Gasteiger partial charge in [0.15, 0.2) is 0 Å². The van der Waals surface area contributed by atoms with Crippen molar-refractivity contribution in [1.82, 2.24) is 10.2 Å². The third-order valence-corrected chi connectivity index (χ3v) is 4.43. The summed E-state index contributed by atoms with van der Waals surface area (Å²) in [7, 11) is 0. The lowest BCUT2D eigenvalue weighted by Gasteiger charge is -2.22. The molecule has 2 N–H and O–H groups in total. The monoisotopic (exact) mass is 282 g/mol. The van der Waals surface area contributed by atoms with Crippen LogP contribution in [-0.4, -0.2) is 46.9 Å². The summed E-state index contributed by atoms with van der Waals surface area (Å²) in [5, 5.41) is 11.9. The normalized spacial score (nSPS) is 29.1. The number of carboxylic acids is 1. The fraction of sp³-hybridized carbons (Fsp3) is 0.786. The quantitative estimate of drug-likeness (QED) is 0.767. The Morgan fingerprint density at radius 3 is 2.55 bits per heavy atom.